The van der Waals surface area contributed by atoms with Crippen LogP contribution in [0.3, 0.4) is 0 Å². The van der Waals surface area contributed by atoms with Crippen molar-refractivity contribution in [2.45, 2.75) is 58.0 Å². The lowest BCUT2D eigenvalue weighted by Gasteiger charge is -2.37. The van der Waals surface area contributed by atoms with Crippen molar-refractivity contribution in [3.05, 3.63) is 35.4 Å². The number of nitrogens with zero attached hydrogens (tertiary/aromatic N) is 2. The molecule has 0 spiro atoms. The van der Waals surface area contributed by atoms with Crippen molar-refractivity contribution < 1.29 is 9.59 Å². The van der Waals surface area contributed by atoms with E-state index in [1.165, 1.54) is 5.56 Å². The van der Waals surface area contributed by atoms with Gasteiger partial charge in [0.1, 0.15) is 0 Å². The lowest BCUT2D eigenvalue weighted by molar-refractivity contribution is -0.126. The molecular weight excluding hydrogens is 326 g/mol. The molecule has 2 fully saturated rings. The van der Waals surface area contributed by atoms with Gasteiger partial charge in [-0.25, -0.2) is 0 Å². The number of piperazine rings is 1. The summed E-state index contributed by atoms with van der Waals surface area (Å²) in [6.45, 7) is 11.3. The van der Waals surface area contributed by atoms with E-state index in [0.717, 1.165) is 31.5 Å². The van der Waals surface area contributed by atoms with Crippen LogP contribution in [0.5, 0.6) is 0 Å². The van der Waals surface area contributed by atoms with Crippen LogP contribution in [0.25, 0.3) is 0 Å². The smallest absolute Gasteiger partial charge is 0.253 e. The van der Waals surface area contributed by atoms with Crippen LogP contribution in [0.4, 0.5) is 0 Å². The Balaban J connectivity index is 1.53. The predicted molar refractivity (Wildman–Crippen MR) is 103 cm³/mol. The van der Waals surface area contributed by atoms with Gasteiger partial charge >= 0.3 is 0 Å². The number of hydrogen-bond donors (Lipinski definition) is 1. The van der Waals surface area contributed by atoms with Crippen LogP contribution in [-0.4, -0.2) is 59.9 Å². The highest BCUT2D eigenvalue weighted by atomic mass is 16.2. The van der Waals surface area contributed by atoms with Crippen LogP contribution in [0.2, 0.25) is 0 Å². The van der Waals surface area contributed by atoms with Gasteiger partial charge in [-0.3, -0.25) is 14.5 Å². The molecule has 1 aromatic carbocycles. The Morgan fingerprint density at radius 3 is 2.12 bits per heavy atom. The second-order valence-corrected chi connectivity index (χ2v) is 8.61. The number of rotatable bonds is 4. The van der Waals surface area contributed by atoms with Gasteiger partial charge in [-0.05, 0) is 42.9 Å². The fraction of sp³-hybridized carbons (Fsp3) is 0.619. The summed E-state index contributed by atoms with van der Waals surface area (Å²) < 4.78 is 0. The molecule has 1 saturated heterocycles. The molecule has 1 aromatic rings. The standard InChI is InChI=1S/C21H31N3O2/c1-15(19(25)22-18-9-10-18)23-11-13-24(14-12-23)20(26)16-5-7-17(8-6-16)21(2,3)4/h5-8,15,18H,9-14H2,1-4H3,(H,22,25). The molecule has 0 bridgehead atoms. The first-order valence-corrected chi connectivity index (χ1v) is 9.70. The third-order valence-electron chi connectivity index (χ3n) is 5.45. The summed E-state index contributed by atoms with van der Waals surface area (Å²) in [6.07, 6.45) is 2.21. The van der Waals surface area contributed by atoms with Crippen molar-refractivity contribution in [1.82, 2.24) is 15.1 Å². The van der Waals surface area contributed by atoms with Crippen molar-refractivity contribution in [2.24, 2.45) is 0 Å². The summed E-state index contributed by atoms with van der Waals surface area (Å²) in [5.74, 6) is 0.199. The molecule has 1 aliphatic carbocycles. The van der Waals surface area contributed by atoms with Gasteiger partial charge in [-0.2, -0.15) is 0 Å². The van der Waals surface area contributed by atoms with Gasteiger partial charge in [0.05, 0.1) is 6.04 Å². The Hall–Kier alpha value is -1.88. The van der Waals surface area contributed by atoms with E-state index >= 15 is 0 Å². The van der Waals surface area contributed by atoms with Crippen molar-refractivity contribution in [3.63, 3.8) is 0 Å². The molecule has 5 nitrogen and oxygen atoms in total. The number of carbonyl (C=O) groups excluding carboxylic acids is 2. The van der Waals surface area contributed by atoms with Gasteiger partial charge in [0, 0.05) is 37.8 Å². The molecular formula is C21H31N3O2. The average Bonchev–Trinajstić information content (AvgIpc) is 3.44. The Morgan fingerprint density at radius 1 is 1.04 bits per heavy atom. The normalized spacial score (nSPS) is 19.9. The van der Waals surface area contributed by atoms with E-state index in [9.17, 15) is 9.59 Å². The lowest BCUT2D eigenvalue weighted by Crippen LogP contribution is -2.55. The number of nitrogens with one attached hydrogen (secondary N) is 1. The van der Waals surface area contributed by atoms with E-state index in [-0.39, 0.29) is 23.3 Å². The zero-order valence-electron chi connectivity index (χ0n) is 16.4. The fourth-order valence-electron chi connectivity index (χ4n) is 3.32. The zero-order chi connectivity index (χ0) is 18.9. The van der Waals surface area contributed by atoms with Gasteiger partial charge in [0.2, 0.25) is 5.91 Å². The minimum atomic E-state index is -0.126. The summed E-state index contributed by atoms with van der Waals surface area (Å²) in [6, 6.07) is 8.23. The molecule has 1 heterocycles. The van der Waals surface area contributed by atoms with Gasteiger partial charge in [0.25, 0.3) is 5.91 Å². The maximum Gasteiger partial charge on any atom is 0.253 e. The van der Waals surface area contributed by atoms with Crippen LogP contribution >= 0.6 is 0 Å². The van der Waals surface area contributed by atoms with Gasteiger partial charge in [0.15, 0.2) is 0 Å². The highest BCUT2D eigenvalue weighted by molar-refractivity contribution is 5.94. The summed E-state index contributed by atoms with van der Waals surface area (Å²) in [5, 5.41) is 3.07. The molecule has 1 unspecified atom stereocenters. The van der Waals surface area contributed by atoms with E-state index in [2.05, 4.69) is 31.0 Å². The number of benzene rings is 1. The zero-order valence-corrected chi connectivity index (χ0v) is 16.4. The van der Waals surface area contributed by atoms with E-state index in [1.807, 2.05) is 36.1 Å². The first-order valence-electron chi connectivity index (χ1n) is 9.70. The van der Waals surface area contributed by atoms with Gasteiger partial charge in [-0.15, -0.1) is 0 Å². The molecule has 2 aliphatic rings. The Kier molecular flexibility index (Phi) is 5.37. The summed E-state index contributed by atoms with van der Waals surface area (Å²) in [7, 11) is 0. The number of hydrogen-bond acceptors (Lipinski definition) is 3. The maximum atomic E-state index is 12.8. The fourth-order valence-corrected chi connectivity index (χ4v) is 3.32. The molecule has 0 aromatic heterocycles. The molecule has 3 rings (SSSR count). The third-order valence-corrected chi connectivity index (χ3v) is 5.45. The van der Waals surface area contributed by atoms with E-state index in [1.54, 1.807) is 0 Å². The monoisotopic (exact) mass is 357 g/mol. The van der Waals surface area contributed by atoms with Crippen molar-refractivity contribution >= 4 is 11.8 Å². The molecule has 1 N–H and O–H groups in total. The Labute approximate surface area is 156 Å². The van der Waals surface area contributed by atoms with Crippen LogP contribution in [0, 0.1) is 0 Å². The minimum absolute atomic E-state index is 0.0835. The first kappa shape index (κ1) is 18.9. The molecule has 26 heavy (non-hydrogen) atoms. The lowest BCUT2D eigenvalue weighted by atomic mass is 9.86. The average molecular weight is 357 g/mol. The summed E-state index contributed by atoms with van der Waals surface area (Å²) in [5.41, 5.74) is 2.06. The first-order chi connectivity index (χ1) is 12.3. The SMILES string of the molecule is CC(C(=O)NC1CC1)N1CCN(C(=O)c2ccc(C(C)(C)C)cc2)CC1. The highest BCUT2D eigenvalue weighted by Crippen LogP contribution is 2.23. The van der Waals surface area contributed by atoms with Crippen LogP contribution < -0.4 is 5.32 Å². The summed E-state index contributed by atoms with van der Waals surface area (Å²) in [4.78, 5) is 29.0. The number of carbonyl (C=O) groups is 2. The Morgan fingerprint density at radius 2 is 1.62 bits per heavy atom. The van der Waals surface area contributed by atoms with E-state index < -0.39 is 0 Å². The van der Waals surface area contributed by atoms with E-state index in [4.69, 9.17) is 0 Å². The minimum Gasteiger partial charge on any atom is -0.352 e. The second kappa shape index (κ2) is 7.39. The molecule has 142 valence electrons. The van der Waals surface area contributed by atoms with Gasteiger partial charge in [-0.1, -0.05) is 32.9 Å². The van der Waals surface area contributed by atoms with Crippen LogP contribution in [0.1, 0.15) is 56.5 Å². The van der Waals surface area contributed by atoms with Gasteiger partial charge < -0.3 is 10.2 Å². The molecule has 0 radical (unpaired) electrons. The highest BCUT2D eigenvalue weighted by Gasteiger charge is 2.31. The summed E-state index contributed by atoms with van der Waals surface area (Å²) >= 11 is 0. The Bertz CT molecular complexity index is 651. The molecule has 1 aliphatic heterocycles. The topological polar surface area (TPSA) is 52.7 Å². The predicted octanol–water partition coefficient (Wildman–Crippen LogP) is 2.41. The van der Waals surface area contributed by atoms with E-state index in [0.29, 0.717) is 19.1 Å². The second-order valence-electron chi connectivity index (χ2n) is 8.61. The van der Waals surface area contributed by atoms with Crippen LogP contribution in [0.15, 0.2) is 24.3 Å². The molecule has 1 saturated carbocycles. The molecule has 1 atom stereocenters. The van der Waals surface area contributed by atoms with Crippen molar-refractivity contribution in [3.8, 4) is 0 Å². The van der Waals surface area contributed by atoms with Crippen molar-refractivity contribution in [2.75, 3.05) is 26.2 Å². The molecule has 5 heteroatoms. The maximum absolute atomic E-state index is 12.8. The largest absolute Gasteiger partial charge is 0.352 e. The number of amides is 2. The van der Waals surface area contributed by atoms with Crippen LogP contribution in [-0.2, 0) is 10.2 Å². The quantitative estimate of drug-likeness (QED) is 0.900. The molecule has 2 amide bonds. The van der Waals surface area contributed by atoms with Crippen molar-refractivity contribution in [1.29, 1.82) is 0 Å². The third kappa shape index (κ3) is 4.44.